The Morgan fingerprint density at radius 2 is 1.93 bits per heavy atom. The van der Waals surface area contributed by atoms with Gasteiger partial charge in [-0.25, -0.2) is 10.1 Å². The molecule has 0 atom stereocenters. The molecule has 1 N–H and O–H groups in total. The van der Waals surface area contributed by atoms with Crippen molar-refractivity contribution in [1.82, 2.24) is 20.2 Å². The SMILES string of the molecule is O=C(N/N=C\c1cn(-c2ccccc2)nc1-c1cccc(Cl)c1)c1cccnc1. The van der Waals surface area contributed by atoms with Crippen molar-refractivity contribution in [2.24, 2.45) is 5.10 Å². The number of halogens is 1. The van der Waals surface area contributed by atoms with Crippen molar-refractivity contribution in [3.05, 3.63) is 101 Å². The average molecular weight is 402 g/mol. The molecule has 4 aromatic rings. The summed E-state index contributed by atoms with van der Waals surface area (Å²) in [5.41, 5.74) is 6.15. The Hall–Kier alpha value is -3.77. The molecule has 0 aliphatic carbocycles. The van der Waals surface area contributed by atoms with Gasteiger partial charge in [-0.15, -0.1) is 0 Å². The van der Waals surface area contributed by atoms with Crippen molar-refractivity contribution < 1.29 is 4.79 Å². The molecule has 29 heavy (non-hydrogen) atoms. The van der Waals surface area contributed by atoms with Gasteiger partial charge >= 0.3 is 0 Å². The zero-order valence-corrected chi connectivity index (χ0v) is 16.0. The highest BCUT2D eigenvalue weighted by molar-refractivity contribution is 6.30. The second-order valence-electron chi connectivity index (χ2n) is 6.16. The first kappa shape index (κ1) is 18.6. The molecule has 0 fully saturated rings. The van der Waals surface area contributed by atoms with Gasteiger partial charge in [0.15, 0.2) is 0 Å². The maximum atomic E-state index is 12.2. The molecule has 0 unspecified atom stereocenters. The van der Waals surface area contributed by atoms with E-state index >= 15 is 0 Å². The topological polar surface area (TPSA) is 72.2 Å². The molecule has 0 bridgehead atoms. The van der Waals surface area contributed by atoms with E-state index in [1.807, 2.05) is 54.7 Å². The van der Waals surface area contributed by atoms with E-state index in [4.69, 9.17) is 16.7 Å². The maximum absolute atomic E-state index is 12.2. The van der Waals surface area contributed by atoms with Crippen LogP contribution in [0.1, 0.15) is 15.9 Å². The number of benzene rings is 2. The molecule has 6 nitrogen and oxygen atoms in total. The van der Waals surface area contributed by atoms with Crippen LogP contribution >= 0.6 is 11.6 Å². The number of carbonyl (C=O) groups is 1. The summed E-state index contributed by atoms with van der Waals surface area (Å²) < 4.78 is 1.76. The smallest absolute Gasteiger partial charge is 0.267 e. The minimum absolute atomic E-state index is 0.339. The molecule has 142 valence electrons. The lowest BCUT2D eigenvalue weighted by Gasteiger charge is -2.01. The first-order valence-electron chi connectivity index (χ1n) is 8.85. The van der Waals surface area contributed by atoms with Gasteiger partial charge in [0.05, 0.1) is 17.5 Å². The minimum atomic E-state index is -0.339. The van der Waals surface area contributed by atoms with E-state index < -0.39 is 0 Å². The molecule has 1 amide bonds. The molecule has 0 saturated heterocycles. The van der Waals surface area contributed by atoms with Gasteiger partial charge in [0.2, 0.25) is 0 Å². The van der Waals surface area contributed by atoms with Crippen LogP contribution in [-0.4, -0.2) is 26.9 Å². The van der Waals surface area contributed by atoms with Crippen molar-refractivity contribution >= 4 is 23.7 Å². The van der Waals surface area contributed by atoms with Crippen LogP contribution in [0.4, 0.5) is 0 Å². The van der Waals surface area contributed by atoms with Gasteiger partial charge < -0.3 is 0 Å². The zero-order chi connectivity index (χ0) is 20.1. The molecule has 0 spiro atoms. The highest BCUT2D eigenvalue weighted by atomic mass is 35.5. The molecule has 2 heterocycles. The number of hydrazone groups is 1. The summed E-state index contributed by atoms with van der Waals surface area (Å²) in [5.74, 6) is -0.339. The normalized spacial score (nSPS) is 10.9. The van der Waals surface area contributed by atoms with Crippen molar-refractivity contribution in [2.75, 3.05) is 0 Å². The van der Waals surface area contributed by atoms with Gasteiger partial charge in [0.1, 0.15) is 5.69 Å². The second kappa shape index (κ2) is 8.50. The van der Waals surface area contributed by atoms with Crippen molar-refractivity contribution in [2.45, 2.75) is 0 Å². The Kier molecular flexibility index (Phi) is 5.45. The van der Waals surface area contributed by atoms with Crippen LogP contribution in [0.15, 0.2) is 90.4 Å². The lowest BCUT2D eigenvalue weighted by atomic mass is 10.1. The molecular weight excluding hydrogens is 386 g/mol. The molecule has 0 radical (unpaired) electrons. The maximum Gasteiger partial charge on any atom is 0.272 e. The van der Waals surface area contributed by atoms with Gasteiger partial charge in [-0.1, -0.05) is 41.9 Å². The third-order valence-electron chi connectivity index (χ3n) is 4.15. The number of carbonyl (C=O) groups excluding carboxylic acids is 1. The number of nitrogens with one attached hydrogen (secondary N) is 1. The Balaban J connectivity index is 1.66. The summed E-state index contributed by atoms with van der Waals surface area (Å²) in [4.78, 5) is 16.1. The summed E-state index contributed by atoms with van der Waals surface area (Å²) >= 11 is 6.15. The predicted octanol–water partition coefficient (Wildman–Crippen LogP) is 4.35. The highest BCUT2D eigenvalue weighted by Gasteiger charge is 2.12. The number of aromatic nitrogens is 3. The fourth-order valence-electron chi connectivity index (χ4n) is 2.78. The third kappa shape index (κ3) is 4.39. The number of nitrogens with zero attached hydrogens (tertiary/aromatic N) is 4. The molecule has 0 saturated carbocycles. The molecule has 2 aromatic heterocycles. The first-order valence-corrected chi connectivity index (χ1v) is 9.23. The summed E-state index contributed by atoms with van der Waals surface area (Å²) in [6, 6.07) is 20.5. The number of para-hydroxylation sites is 1. The van der Waals surface area contributed by atoms with E-state index in [0.717, 1.165) is 16.8 Å². The Morgan fingerprint density at radius 1 is 1.07 bits per heavy atom. The van der Waals surface area contributed by atoms with Gasteiger partial charge in [0, 0.05) is 34.7 Å². The fourth-order valence-corrected chi connectivity index (χ4v) is 2.97. The largest absolute Gasteiger partial charge is 0.272 e. The first-order chi connectivity index (χ1) is 14.2. The van der Waals surface area contributed by atoms with E-state index in [-0.39, 0.29) is 5.91 Å². The van der Waals surface area contributed by atoms with Crippen LogP contribution in [-0.2, 0) is 0 Å². The Labute approximate surface area is 172 Å². The van der Waals surface area contributed by atoms with Crippen LogP contribution in [0.25, 0.3) is 16.9 Å². The second-order valence-corrected chi connectivity index (χ2v) is 6.60. The minimum Gasteiger partial charge on any atom is -0.267 e. The van der Waals surface area contributed by atoms with E-state index in [1.54, 1.807) is 35.3 Å². The summed E-state index contributed by atoms with van der Waals surface area (Å²) in [7, 11) is 0. The number of pyridine rings is 1. The van der Waals surface area contributed by atoms with E-state index in [0.29, 0.717) is 16.3 Å². The van der Waals surface area contributed by atoms with Crippen molar-refractivity contribution in [1.29, 1.82) is 0 Å². The highest BCUT2D eigenvalue weighted by Crippen LogP contribution is 2.25. The average Bonchev–Trinajstić information content (AvgIpc) is 3.19. The molecule has 0 aliphatic rings. The number of amides is 1. The van der Waals surface area contributed by atoms with Crippen molar-refractivity contribution in [3.8, 4) is 16.9 Å². The van der Waals surface area contributed by atoms with E-state index in [2.05, 4.69) is 15.5 Å². The van der Waals surface area contributed by atoms with Gasteiger partial charge in [-0.05, 0) is 36.4 Å². The number of rotatable bonds is 5. The van der Waals surface area contributed by atoms with Crippen LogP contribution in [0.3, 0.4) is 0 Å². The summed E-state index contributed by atoms with van der Waals surface area (Å²) in [6.45, 7) is 0. The van der Waals surface area contributed by atoms with E-state index in [1.165, 1.54) is 6.20 Å². The van der Waals surface area contributed by atoms with E-state index in [9.17, 15) is 4.79 Å². The Bertz CT molecular complexity index is 1160. The zero-order valence-electron chi connectivity index (χ0n) is 15.2. The van der Waals surface area contributed by atoms with Crippen molar-refractivity contribution in [3.63, 3.8) is 0 Å². The van der Waals surface area contributed by atoms with Crippen LogP contribution < -0.4 is 5.43 Å². The van der Waals surface area contributed by atoms with Crippen LogP contribution in [0, 0.1) is 0 Å². The van der Waals surface area contributed by atoms with Gasteiger partial charge in [-0.3, -0.25) is 9.78 Å². The molecule has 4 rings (SSSR count). The third-order valence-corrected chi connectivity index (χ3v) is 4.39. The monoisotopic (exact) mass is 401 g/mol. The molecule has 2 aromatic carbocycles. The quantitative estimate of drug-likeness (QED) is 0.399. The Morgan fingerprint density at radius 3 is 2.69 bits per heavy atom. The lowest BCUT2D eigenvalue weighted by Crippen LogP contribution is -2.17. The molecule has 0 aliphatic heterocycles. The van der Waals surface area contributed by atoms with Gasteiger partial charge in [-0.2, -0.15) is 10.2 Å². The number of hydrogen-bond donors (Lipinski definition) is 1. The van der Waals surface area contributed by atoms with Crippen LogP contribution in [0.2, 0.25) is 5.02 Å². The fraction of sp³-hybridized carbons (Fsp3) is 0. The molecular formula is C22H16ClN5O. The predicted molar refractivity (Wildman–Crippen MR) is 113 cm³/mol. The standard InChI is InChI=1S/C22H16ClN5O/c23-19-8-4-6-16(12-19)21-18(15-28(27-21)20-9-2-1-3-10-20)14-25-26-22(29)17-7-5-11-24-13-17/h1-15H,(H,26,29)/b25-14-. The lowest BCUT2D eigenvalue weighted by molar-refractivity contribution is 0.0955. The van der Waals surface area contributed by atoms with Crippen LogP contribution in [0.5, 0.6) is 0 Å². The number of hydrogen-bond acceptors (Lipinski definition) is 4. The summed E-state index contributed by atoms with van der Waals surface area (Å²) in [5, 5.41) is 9.40. The summed E-state index contributed by atoms with van der Waals surface area (Å²) in [6.07, 6.45) is 6.51. The van der Waals surface area contributed by atoms with Gasteiger partial charge in [0.25, 0.3) is 5.91 Å². The molecule has 7 heteroatoms.